The standard InChI is InChI=1S/C19H24FN3O3/c1-4-25-19(24)23-9-7-22(8-10-23)14(3)17-12-18(26-21-17)15-11-13(2)5-6-16(15)20/h5-6,11-12,14H,4,7-10H2,1-3H3. The van der Waals surface area contributed by atoms with Gasteiger partial charge in [-0.15, -0.1) is 0 Å². The first kappa shape index (κ1) is 18.4. The number of carbonyl (C=O) groups excluding carboxylic acids is 1. The van der Waals surface area contributed by atoms with Crippen LogP contribution >= 0.6 is 0 Å². The van der Waals surface area contributed by atoms with Gasteiger partial charge in [0.1, 0.15) is 11.5 Å². The number of piperazine rings is 1. The molecule has 2 heterocycles. The Hall–Kier alpha value is -2.41. The van der Waals surface area contributed by atoms with Crippen molar-refractivity contribution in [2.24, 2.45) is 0 Å². The molecule has 0 bridgehead atoms. The van der Waals surface area contributed by atoms with Gasteiger partial charge >= 0.3 is 6.09 Å². The first-order valence-electron chi connectivity index (χ1n) is 8.88. The molecule has 140 valence electrons. The normalized spacial score (nSPS) is 16.5. The van der Waals surface area contributed by atoms with Gasteiger partial charge in [0.05, 0.1) is 18.2 Å². The van der Waals surface area contributed by atoms with Gasteiger partial charge in [-0.1, -0.05) is 16.8 Å². The van der Waals surface area contributed by atoms with Crippen molar-refractivity contribution in [1.29, 1.82) is 0 Å². The third-order valence-electron chi connectivity index (χ3n) is 4.73. The van der Waals surface area contributed by atoms with E-state index in [1.807, 2.05) is 13.8 Å². The molecule has 1 saturated heterocycles. The van der Waals surface area contributed by atoms with Crippen molar-refractivity contribution in [3.63, 3.8) is 0 Å². The molecule has 1 atom stereocenters. The highest BCUT2D eigenvalue weighted by atomic mass is 19.1. The van der Waals surface area contributed by atoms with Gasteiger partial charge in [0.15, 0.2) is 5.76 Å². The zero-order chi connectivity index (χ0) is 18.7. The molecule has 0 saturated carbocycles. The van der Waals surface area contributed by atoms with Gasteiger partial charge in [-0.05, 0) is 32.9 Å². The number of amides is 1. The molecule has 1 aromatic carbocycles. The molecule has 7 heteroatoms. The number of aryl methyl sites for hydroxylation is 1. The highest BCUT2D eigenvalue weighted by molar-refractivity contribution is 5.67. The fraction of sp³-hybridized carbons (Fsp3) is 0.474. The summed E-state index contributed by atoms with van der Waals surface area (Å²) in [7, 11) is 0. The maximum Gasteiger partial charge on any atom is 0.409 e. The molecular formula is C19H24FN3O3. The molecule has 2 aromatic rings. The van der Waals surface area contributed by atoms with Crippen molar-refractivity contribution in [3.05, 3.63) is 41.3 Å². The predicted octanol–water partition coefficient (Wildman–Crippen LogP) is 3.62. The molecule has 1 unspecified atom stereocenters. The minimum atomic E-state index is -0.325. The Balaban J connectivity index is 1.66. The van der Waals surface area contributed by atoms with Crippen molar-refractivity contribution >= 4 is 6.09 Å². The van der Waals surface area contributed by atoms with E-state index in [1.54, 1.807) is 30.0 Å². The van der Waals surface area contributed by atoms with E-state index in [2.05, 4.69) is 10.1 Å². The molecule has 26 heavy (non-hydrogen) atoms. The number of ether oxygens (including phenoxy) is 1. The summed E-state index contributed by atoms with van der Waals surface area (Å²) in [5.41, 5.74) is 2.14. The van der Waals surface area contributed by atoms with E-state index < -0.39 is 0 Å². The van der Waals surface area contributed by atoms with Crippen LogP contribution in [0.25, 0.3) is 11.3 Å². The Morgan fingerprint density at radius 3 is 2.73 bits per heavy atom. The second kappa shape index (κ2) is 7.86. The lowest BCUT2D eigenvalue weighted by Gasteiger charge is -2.36. The van der Waals surface area contributed by atoms with Crippen LogP contribution in [-0.4, -0.2) is 53.8 Å². The predicted molar refractivity (Wildman–Crippen MR) is 95.2 cm³/mol. The van der Waals surface area contributed by atoms with Crippen LogP contribution in [0.3, 0.4) is 0 Å². The Morgan fingerprint density at radius 2 is 2.04 bits per heavy atom. The van der Waals surface area contributed by atoms with Gasteiger partial charge in [-0.3, -0.25) is 4.90 Å². The van der Waals surface area contributed by atoms with Gasteiger partial charge in [-0.25, -0.2) is 9.18 Å². The van der Waals surface area contributed by atoms with E-state index >= 15 is 0 Å². The van der Waals surface area contributed by atoms with E-state index in [0.717, 1.165) is 24.3 Å². The smallest absolute Gasteiger partial charge is 0.409 e. The fourth-order valence-corrected chi connectivity index (χ4v) is 3.13. The average Bonchev–Trinajstić information content (AvgIpc) is 3.13. The molecule has 0 spiro atoms. The van der Waals surface area contributed by atoms with E-state index in [4.69, 9.17) is 9.26 Å². The highest BCUT2D eigenvalue weighted by Gasteiger charge is 2.27. The molecule has 0 aliphatic carbocycles. The van der Waals surface area contributed by atoms with E-state index in [1.165, 1.54) is 6.07 Å². The molecule has 0 radical (unpaired) electrons. The van der Waals surface area contributed by atoms with Crippen molar-refractivity contribution in [1.82, 2.24) is 15.0 Å². The number of halogens is 1. The van der Waals surface area contributed by atoms with Gasteiger partial charge in [0.2, 0.25) is 0 Å². The second-order valence-corrected chi connectivity index (χ2v) is 6.50. The van der Waals surface area contributed by atoms with Crippen molar-refractivity contribution in [2.45, 2.75) is 26.8 Å². The van der Waals surface area contributed by atoms with Crippen LogP contribution in [0.4, 0.5) is 9.18 Å². The topological polar surface area (TPSA) is 58.8 Å². The third kappa shape index (κ3) is 3.88. The average molecular weight is 361 g/mol. The van der Waals surface area contributed by atoms with Crippen molar-refractivity contribution in [2.75, 3.05) is 32.8 Å². The molecule has 1 fully saturated rings. The van der Waals surface area contributed by atoms with Gasteiger partial charge < -0.3 is 14.2 Å². The number of benzene rings is 1. The summed E-state index contributed by atoms with van der Waals surface area (Å²) in [6.45, 7) is 8.80. The van der Waals surface area contributed by atoms with Crippen LogP contribution in [-0.2, 0) is 4.74 Å². The fourth-order valence-electron chi connectivity index (χ4n) is 3.13. The lowest BCUT2D eigenvalue weighted by Crippen LogP contribution is -2.49. The Labute approximate surface area is 152 Å². The number of hydrogen-bond donors (Lipinski definition) is 0. The monoisotopic (exact) mass is 361 g/mol. The minimum Gasteiger partial charge on any atom is -0.450 e. The molecule has 1 amide bonds. The summed E-state index contributed by atoms with van der Waals surface area (Å²) < 4.78 is 24.5. The van der Waals surface area contributed by atoms with Crippen LogP contribution < -0.4 is 0 Å². The van der Waals surface area contributed by atoms with Crippen molar-refractivity contribution < 1.29 is 18.4 Å². The van der Waals surface area contributed by atoms with Crippen LogP contribution in [0.1, 0.15) is 31.1 Å². The summed E-state index contributed by atoms with van der Waals surface area (Å²) in [5.74, 6) is 0.104. The summed E-state index contributed by atoms with van der Waals surface area (Å²) in [5, 5.41) is 4.13. The van der Waals surface area contributed by atoms with Gasteiger partial charge in [0, 0.05) is 32.2 Å². The quantitative estimate of drug-likeness (QED) is 0.832. The maximum atomic E-state index is 14.1. The number of hydrogen-bond acceptors (Lipinski definition) is 5. The number of carbonyl (C=O) groups is 1. The molecular weight excluding hydrogens is 337 g/mol. The van der Waals surface area contributed by atoms with Crippen LogP contribution in [0, 0.1) is 12.7 Å². The molecule has 0 N–H and O–H groups in total. The Morgan fingerprint density at radius 1 is 1.31 bits per heavy atom. The Bertz CT molecular complexity index is 769. The summed E-state index contributed by atoms with van der Waals surface area (Å²) >= 11 is 0. The maximum absolute atomic E-state index is 14.1. The lowest BCUT2D eigenvalue weighted by atomic mass is 10.1. The van der Waals surface area contributed by atoms with Crippen molar-refractivity contribution in [3.8, 4) is 11.3 Å². The highest BCUT2D eigenvalue weighted by Crippen LogP contribution is 2.28. The molecule has 3 rings (SSSR count). The largest absolute Gasteiger partial charge is 0.450 e. The van der Waals surface area contributed by atoms with Gasteiger partial charge in [-0.2, -0.15) is 0 Å². The third-order valence-corrected chi connectivity index (χ3v) is 4.73. The van der Waals surface area contributed by atoms with E-state index in [-0.39, 0.29) is 18.0 Å². The number of aromatic nitrogens is 1. The van der Waals surface area contributed by atoms with E-state index in [0.29, 0.717) is 31.0 Å². The minimum absolute atomic E-state index is 0.0183. The zero-order valence-corrected chi connectivity index (χ0v) is 15.4. The first-order chi connectivity index (χ1) is 12.5. The molecule has 6 nitrogen and oxygen atoms in total. The lowest BCUT2D eigenvalue weighted by molar-refractivity contribution is 0.0675. The van der Waals surface area contributed by atoms with Crippen LogP contribution in [0.2, 0.25) is 0 Å². The molecule has 1 aliphatic rings. The van der Waals surface area contributed by atoms with Gasteiger partial charge in [0.25, 0.3) is 0 Å². The SMILES string of the molecule is CCOC(=O)N1CCN(C(C)c2cc(-c3cc(C)ccc3F)on2)CC1. The molecule has 1 aliphatic heterocycles. The molecule has 1 aromatic heterocycles. The van der Waals surface area contributed by atoms with Crippen LogP contribution in [0.5, 0.6) is 0 Å². The van der Waals surface area contributed by atoms with E-state index in [9.17, 15) is 9.18 Å². The summed E-state index contributed by atoms with van der Waals surface area (Å²) in [4.78, 5) is 15.7. The number of rotatable bonds is 4. The van der Waals surface area contributed by atoms with Crippen LogP contribution in [0.15, 0.2) is 28.8 Å². The summed E-state index contributed by atoms with van der Waals surface area (Å²) in [6.07, 6.45) is -0.265. The zero-order valence-electron chi connectivity index (χ0n) is 15.4. The summed E-state index contributed by atoms with van der Waals surface area (Å²) in [6, 6.07) is 6.72. The second-order valence-electron chi connectivity index (χ2n) is 6.50. The first-order valence-corrected chi connectivity index (χ1v) is 8.88. The Kier molecular flexibility index (Phi) is 5.56. The number of nitrogens with zero attached hydrogens (tertiary/aromatic N) is 3.